The fourth-order valence-corrected chi connectivity index (χ4v) is 3.84. The molecule has 0 spiro atoms. The number of nitrogens with one attached hydrogen (secondary N) is 3. The number of benzene rings is 1. The summed E-state index contributed by atoms with van der Waals surface area (Å²) in [6.45, 7) is 0.927. The first kappa shape index (κ1) is 22.5. The molecule has 0 bridgehead atoms. The monoisotopic (exact) mass is 454 g/mol. The molecule has 0 unspecified atom stereocenters. The fourth-order valence-electron chi connectivity index (χ4n) is 3.84. The molecule has 172 valence electrons. The van der Waals surface area contributed by atoms with Gasteiger partial charge in [0.05, 0.1) is 5.69 Å². The Labute approximate surface area is 189 Å². The zero-order valence-corrected chi connectivity index (χ0v) is 17.9. The van der Waals surface area contributed by atoms with Crippen molar-refractivity contribution in [3.8, 4) is 11.3 Å². The molecule has 1 aliphatic rings. The molecule has 1 aliphatic heterocycles. The van der Waals surface area contributed by atoms with Crippen LogP contribution in [0.5, 0.6) is 0 Å². The summed E-state index contributed by atoms with van der Waals surface area (Å²) in [6.07, 6.45) is 5.81. The zero-order valence-electron chi connectivity index (χ0n) is 17.9. The van der Waals surface area contributed by atoms with Gasteiger partial charge in [0.25, 0.3) is 0 Å². The van der Waals surface area contributed by atoms with E-state index in [2.05, 4.69) is 26.0 Å². The predicted octanol–water partition coefficient (Wildman–Crippen LogP) is 1.78. The molecule has 3 N–H and O–H groups in total. The van der Waals surface area contributed by atoms with Gasteiger partial charge in [-0.05, 0) is 50.2 Å². The van der Waals surface area contributed by atoms with Gasteiger partial charge in [0.1, 0.15) is 23.7 Å². The number of hydrogen-bond acceptors (Lipinski definition) is 5. The summed E-state index contributed by atoms with van der Waals surface area (Å²) in [6, 6.07) is 8.66. The van der Waals surface area contributed by atoms with Crippen LogP contribution >= 0.6 is 0 Å². The summed E-state index contributed by atoms with van der Waals surface area (Å²) in [5, 5.41) is 13.1. The molecule has 1 aromatic carbocycles. The van der Waals surface area contributed by atoms with Crippen molar-refractivity contribution >= 4 is 11.8 Å². The standard InChI is InChI=1S/C23H24F2N6O2/c24-18-4-3-16(19(25)12-18)14-28-22(33)23(6-9-26-10-7-23)29-21(32)15-31-11-5-20(30-31)17-2-1-8-27-13-17/h1-5,8,11-13,26H,6-7,9-10,14-15H2,(H,28,33)(H,29,32). The quantitative estimate of drug-likeness (QED) is 0.505. The van der Waals surface area contributed by atoms with E-state index in [1.165, 1.54) is 10.7 Å². The SMILES string of the molecule is O=C(Cn1ccc(-c2cccnc2)n1)NC1(C(=O)NCc2ccc(F)cc2F)CCNCC1. The van der Waals surface area contributed by atoms with E-state index >= 15 is 0 Å². The number of aromatic nitrogens is 3. The minimum absolute atomic E-state index is 0.0602. The van der Waals surface area contributed by atoms with E-state index in [-0.39, 0.29) is 24.6 Å². The second kappa shape index (κ2) is 9.86. The van der Waals surface area contributed by atoms with Crippen LogP contribution in [0.25, 0.3) is 11.3 Å². The maximum Gasteiger partial charge on any atom is 0.246 e. The van der Waals surface area contributed by atoms with Crippen molar-refractivity contribution in [2.75, 3.05) is 13.1 Å². The smallest absolute Gasteiger partial charge is 0.246 e. The lowest BCUT2D eigenvalue weighted by molar-refractivity contribution is -0.135. The average molecular weight is 454 g/mol. The van der Waals surface area contributed by atoms with Crippen LogP contribution in [0, 0.1) is 11.6 Å². The highest BCUT2D eigenvalue weighted by molar-refractivity contribution is 5.91. The predicted molar refractivity (Wildman–Crippen MR) is 117 cm³/mol. The molecule has 1 fully saturated rings. The molecule has 2 aromatic heterocycles. The fraction of sp³-hybridized carbons (Fsp3) is 0.304. The van der Waals surface area contributed by atoms with Crippen molar-refractivity contribution in [1.82, 2.24) is 30.7 Å². The van der Waals surface area contributed by atoms with E-state index in [9.17, 15) is 18.4 Å². The van der Waals surface area contributed by atoms with Crippen molar-refractivity contribution in [3.05, 3.63) is 72.2 Å². The van der Waals surface area contributed by atoms with Gasteiger partial charge in [-0.25, -0.2) is 8.78 Å². The van der Waals surface area contributed by atoms with Crippen LogP contribution in [-0.2, 0) is 22.7 Å². The summed E-state index contributed by atoms with van der Waals surface area (Å²) in [4.78, 5) is 29.9. The molecule has 8 nitrogen and oxygen atoms in total. The van der Waals surface area contributed by atoms with Crippen LogP contribution in [0.1, 0.15) is 18.4 Å². The molecule has 3 heterocycles. The number of amides is 2. The van der Waals surface area contributed by atoms with E-state index in [0.717, 1.165) is 17.7 Å². The Kier molecular flexibility index (Phi) is 6.74. The van der Waals surface area contributed by atoms with Crippen molar-refractivity contribution < 1.29 is 18.4 Å². The Morgan fingerprint density at radius 1 is 1.15 bits per heavy atom. The largest absolute Gasteiger partial charge is 0.350 e. The Balaban J connectivity index is 1.41. The molecule has 4 rings (SSSR count). The van der Waals surface area contributed by atoms with Gasteiger partial charge in [-0.1, -0.05) is 6.07 Å². The molecule has 10 heteroatoms. The van der Waals surface area contributed by atoms with Crippen LogP contribution < -0.4 is 16.0 Å². The number of carbonyl (C=O) groups is 2. The first-order valence-corrected chi connectivity index (χ1v) is 10.6. The number of hydrogen-bond donors (Lipinski definition) is 3. The molecule has 2 amide bonds. The summed E-state index contributed by atoms with van der Waals surface area (Å²) >= 11 is 0. The van der Waals surface area contributed by atoms with Gasteiger partial charge in [-0.2, -0.15) is 5.10 Å². The van der Waals surface area contributed by atoms with Gasteiger partial charge in [-0.3, -0.25) is 19.3 Å². The number of nitrogens with zero attached hydrogens (tertiary/aromatic N) is 3. The van der Waals surface area contributed by atoms with E-state index in [0.29, 0.717) is 31.6 Å². The first-order chi connectivity index (χ1) is 15.9. The van der Waals surface area contributed by atoms with Crippen LogP contribution in [0.2, 0.25) is 0 Å². The first-order valence-electron chi connectivity index (χ1n) is 10.6. The Morgan fingerprint density at radius 2 is 1.97 bits per heavy atom. The minimum atomic E-state index is -1.13. The average Bonchev–Trinajstić information content (AvgIpc) is 3.27. The highest BCUT2D eigenvalue weighted by atomic mass is 19.1. The van der Waals surface area contributed by atoms with Crippen LogP contribution in [0.3, 0.4) is 0 Å². The van der Waals surface area contributed by atoms with Crippen molar-refractivity contribution in [2.45, 2.75) is 31.5 Å². The Hall–Kier alpha value is -3.66. The van der Waals surface area contributed by atoms with Crippen molar-refractivity contribution in [2.24, 2.45) is 0 Å². The maximum absolute atomic E-state index is 13.9. The van der Waals surface area contributed by atoms with Crippen LogP contribution in [0.15, 0.2) is 55.0 Å². The highest BCUT2D eigenvalue weighted by Gasteiger charge is 2.40. The summed E-state index contributed by atoms with van der Waals surface area (Å²) < 4.78 is 28.6. The maximum atomic E-state index is 13.9. The molecular formula is C23H24F2N6O2. The number of rotatable bonds is 7. The Morgan fingerprint density at radius 3 is 2.70 bits per heavy atom. The normalized spacial score (nSPS) is 15.1. The molecule has 1 saturated heterocycles. The molecule has 0 aliphatic carbocycles. The van der Waals surface area contributed by atoms with Gasteiger partial charge in [0, 0.05) is 42.3 Å². The Bertz CT molecular complexity index is 1130. The third-order valence-corrected chi connectivity index (χ3v) is 5.63. The topological polar surface area (TPSA) is 101 Å². The zero-order chi connectivity index (χ0) is 23.3. The third-order valence-electron chi connectivity index (χ3n) is 5.63. The molecule has 3 aromatic rings. The molecular weight excluding hydrogens is 430 g/mol. The third kappa shape index (κ3) is 5.40. The lowest BCUT2D eigenvalue weighted by Crippen LogP contribution is -2.63. The van der Waals surface area contributed by atoms with E-state index < -0.39 is 23.1 Å². The highest BCUT2D eigenvalue weighted by Crippen LogP contribution is 2.20. The minimum Gasteiger partial charge on any atom is -0.350 e. The van der Waals surface area contributed by atoms with Gasteiger partial charge in [0.2, 0.25) is 11.8 Å². The summed E-state index contributed by atoms with van der Waals surface area (Å²) in [7, 11) is 0. The van der Waals surface area contributed by atoms with Crippen molar-refractivity contribution in [1.29, 1.82) is 0 Å². The van der Waals surface area contributed by atoms with Crippen molar-refractivity contribution in [3.63, 3.8) is 0 Å². The van der Waals surface area contributed by atoms with E-state index in [4.69, 9.17) is 0 Å². The van der Waals surface area contributed by atoms with Crippen LogP contribution in [0.4, 0.5) is 8.78 Å². The number of pyridine rings is 1. The van der Waals surface area contributed by atoms with Gasteiger partial charge < -0.3 is 16.0 Å². The molecule has 0 saturated carbocycles. The van der Waals surface area contributed by atoms with E-state index in [1.54, 1.807) is 30.7 Å². The van der Waals surface area contributed by atoms with Crippen LogP contribution in [-0.4, -0.2) is 45.2 Å². The van der Waals surface area contributed by atoms with Gasteiger partial charge in [-0.15, -0.1) is 0 Å². The number of halogens is 2. The number of piperidine rings is 1. The second-order valence-corrected chi connectivity index (χ2v) is 7.94. The van der Waals surface area contributed by atoms with Gasteiger partial charge in [0.15, 0.2) is 0 Å². The lowest BCUT2D eigenvalue weighted by atomic mass is 9.87. The molecule has 0 radical (unpaired) electrons. The summed E-state index contributed by atoms with van der Waals surface area (Å²) in [5.74, 6) is -2.18. The lowest BCUT2D eigenvalue weighted by Gasteiger charge is -2.37. The molecule has 0 atom stereocenters. The summed E-state index contributed by atoms with van der Waals surface area (Å²) in [5.41, 5.74) is 0.558. The molecule has 33 heavy (non-hydrogen) atoms. The van der Waals surface area contributed by atoms with Gasteiger partial charge >= 0.3 is 0 Å². The second-order valence-electron chi connectivity index (χ2n) is 7.94. The number of carbonyl (C=O) groups excluding carboxylic acids is 2. The van der Waals surface area contributed by atoms with E-state index in [1.807, 2.05) is 6.07 Å².